The van der Waals surface area contributed by atoms with Gasteiger partial charge in [-0.05, 0) is 64.2 Å². The predicted molar refractivity (Wildman–Crippen MR) is 252 cm³/mol. The molecule has 0 amide bonds. The number of hydrogen-bond donors (Lipinski definition) is 0. The van der Waals surface area contributed by atoms with E-state index in [1.54, 1.807) is 0 Å². The molecule has 0 saturated carbocycles. The molecular weight excluding hydrogens is 717 g/mol. The lowest BCUT2D eigenvalue weighted by Crippen LogP contribution is -2.30. The van der Waals surface area contributed by atoms with Gasteiger partial charge in [0.1, 0.15) is 6.61 Å². The molecule has 0 aliphatic heterocycles. The van der Waals surface area contributed by atoms with Crippen molar-refractivity contribution in [3.63, 3.8) is 0 Å². The zero-order valence-corrected chi connectivity index (χ0v) is 39.3. The van der Waals surface area contributed by atoms with E-state index in [0.717, 1.165) is 51.4 Å². The largest absolute Gasteiger partial charge is 0.462 e. The van der Waals surface area contributed by atoms with Crippen LogP contribution >= 0.6 is 0 Å². The fourth-order valence-corrected chi connectivity index (χ4v) is 7.55. The van der Waals surface area contributed by atoms with Gasteiger partial charge in [-0.15, -0.1) is 0 Å². The summed E-state index contributed by atoms with van der Waals surface area (Å²) in [6.07, 6.45) is 57.5. The fraction of sp³-hybridized carbons (Fsp3) is 0.887. The summed E-state index contributed by atoms with van der Waals surface area (Å²) in [4.78, 5) is 25.3. The molecule has 0 radical (unpaired) electrons. The Balaban J connectivity index is 4.19. The maximum atomic E-state index is 12.7. The molecule has 1 atom stereocenters. The van der Waals surface area contributed by atoms with Crippen molar-refractivity contribution in [3.05, 3.63) is 24.3 Å². The summed E-state index contributed by atoms with van der Waals surface area (Å²) < 4.78 is 17.4. The van der Waals surface area contributed by atoms with Crippen LogP contribution in [0.25, 0.3) is 0 Å². The number of carbonyl (C=O) groups is 2. The Kier molecular flexibility index (Phi) is 48.4. The van der Waals surface area contributed by atoms with E-state index in [4.69, 9.17) is 14.2 Å². The first-order valence-corrected chi connectivity index (χ1v) is 25.9. The third kappa shape index (κ3) is 47.1. The minimum atomic E-state index is -0.534. The van der Waals surface area contributed by atoms with Gasteiger partial charge in [-0.1, -0.05) is 225 Å². The molecule has 342 valence electrons. The van der Waals surface area contributed by atoms with Crippen LogP contribution in [-0.2, 0) is 23.8 Å². The van der Waals surface area contributed by atoms with Crippen LogP contribution in [0, 0.1) is 0 Å². The molecule has 0 bridgehead atoms. The lowest BCUT2D eigenvalue weighted by Gasteiger charge is -2.18. The van der Waals surface area contributed by atoms with Crippen LogP contribution < -0.4 is 0 Å². The number of esters is 2. The smallest absolute Gasteiger partial charge is 0.306 e. The third-order valence-electron chi connectivity index (χ3n) is 11.5. The molecule has 0 saturated heterocycles. The second-order valence-corrected chi connectivity index (χ2v) is 17.4. The number of carbonyl (C=O) groups excluding carboxylic acids is 2. The Labute approximate surface area is 362 Å². The number of rotatable bonds is 48. The Bertz CT molecular complexity index is 882. The second kappa shape index (κ2) is 49.7. The molecule has 0 aliphatic rings. The predicted octanol–water partition coefficient (Wildman–Crippen LogP) is 17.2. The molecular formula is C53H100O5. The molecule has 0 fully saturated rings. The molecule has 5 heteroatoms. The van der Waals surface area contributed by atoms with Gasteiger partial charge in [0, 0.05) is 19.4 Å². The number of ether oxygens (including phenoxy) is 3. The molecule has 0 heterocycles. The monoisotopic (exact) mass is 817 g/mol. The van der Waals surface area contributed by atoms with Crippen LogP contribution in [0.3, 0.4) is 0 Å². The second-order valence-electron chi connectivity index (χ2n) is 17.4. The average molecular weight is 817 g/mol. The van der Waals surface area contributed by atoms with Crippen molar-refractivity contribution in [2.45, 2.75) is 284 Å². The van der Waals surface area contributed by atoms with E-state index in [2.05, 4.69) is 45.1 Å². The standard InChI is InChI=1S/C53H100O5/c1-4-7-10-13-16-19-22-24-25-26-27-28-30-33-36-39-42-45-48-56-49-51(58-53(55)47-44-41-38-35-31-21-18-15-12-9-6-3)50-57-52(54)46-43-40-37-34-32-29-23-20-17-14-11-8-5-2/h15,18,24-25,51H,4-14,16-17,19-23,26-50H2,1-3H3/b18-15-,25-24-. The summed E-state index contributed by atoms with van der Waals surface area (Å²) in [5, 5.41) is 0. The molecule has 5 nitrogen and oxygen atoms in total. The van der Waals surface area contributed by atoms with Crippen molar-refractivity contribution in [3.8, 4) is 0 Å². The molecule has 0 N–H and O–H groups in total. The number of unbranched alkanes of at least 4 members (excludes halogenated alkanes) is 33. The maximum absolute atomic E-state index is 12.7. The molecule has 0 aliphatic carbocycles. The minimum Gasteiger partial charge on any atom is -0.462 e. The third-order valence-corrected chi connectivity index (χ3v) is 11.5. The lowest BCUT2D eigenvalue weighted by molar-refractivity contribution is -0.163. The highest BCUT2D eigenvalue weighted by Gasteiger charge is 2.17. The van der Waals surface area contributed by atoms with E-state index in [0.29, 0.717) is 19.4 Å². The van der Waals surface area contributed by atoms with Crippen LogP contribution in [-0.4, -0.2) is 37.9 Å². The van der Waals surface area contributed by atoms with Crippen molar-refractivity contribution in [1.82, 2.24) is 0 Å². The van der Waals surface area contributed by atoms with Gasteiger partial charge in [-0.25, -0.2) is 0 Å². The molecule has 58 heavy (non-hydrogen) atoms. The summed E-state index contributed by atoms with van der Waals surface area (Å²) in [6, 6.07) is 0. The highest BCUT2D eigenvalue weighted by Crippen LogP contribution is 2.15. The zero-order valence-electron chi connectivity index (χ0n) is 39.3. The average Bonchev–Trinajstić information content (AvgIpc) is 3.22. The minimum absolute atomic E-state index is 0.0870. The normalized spacial score (nSPS) is 12.3. The summed E-state index contributed by atoms with van der Waals surface area (Å²) in [5.41, 5.74) is 0. The SMILES string of the molecule is CCCC/C=C\CCCCCCCC(=O)OC(COCCCCCCCCCC/C=C\CCCCCCCC)COC(=O)CCCCCCCCCCCCCCC. The Morgan fingerprint density at radius 1 is 0.362 bits per heavy atom. The highest BCUT2D eigenvalue weighted by molar-refractivity contribution is 5.70. The number of hydrogen-bond acceptors (Lipinski definition) is 5. The van der Waals surface area contributed by atoms with E-state index >= 15 is 0 Å². The van der Waals surface area contributed by atoms with Gasteiger partial charge in [-0.2, -0.15) is 0 Å². The lowest BCUT2D eigenvalue weighted by atomic mass is 10.0. The summed E-state index contributed by atoms with van der Waals surface area (Å²) in [7, 11) is 0. The van der Waals surface area contributed by atoms with Crippen LogP contribution in [0.4, 0.5) is 0 Å². The van der Waals surface area contributed by atoms with Gasteiger partial charge in [0.15, 0.2) is 6.10 Å². The van der Waals surface area contributed by atoms with Gasteiger partial charge >= 0.3 is 11.9 Å². The molecule has 0 rings (SSSR count). The van der Waals surface area contributed by atoms with Gasteiger partial charge in [0.2, 0.25) is 0 Å². The van der Waals surface area contributed by atoms with Gasteiger partial charge in [-0.3, -0.25) is 9.59 Å². The topological polar surface area (TPSA) is 61.8 Å². The Morgan fingerprint density at radius 3 is 1.10 bits per heavy atom. The van der Waals surface area contributed by atoms with Crippen LogP contribution in [0.15, 0.2) is 24.3 Å². The van der Waals surface area contributed by atoms with Gasteiger partial charge in [0.05, 0.1) is 6.61 Å². The molecule has 1 unspecified atom stereocenters. The van der Waals surface area contributed by atoms with Crippen molar-refractivity contribution < 1.29 is 23.8 Å². The van der Waals surface area contributed by atoms with E-state index in [9.17, 15) is 9.59 Å². The first-order valence-electron chi connectivity index (χ1n) is 25.9. The first kappa shape index (κ1) is 56.4. The van der Waals surface area contributed by atoms with E-state index < -0.39 is 6.10 Å². The molecule has 0 aromatic heterocycles. The van der Waals surface area contributed by atoms with Gasteiger partial charge in [0.25, 0.3) is 0 Å². The summed E-state index contributed by atoms with van der Waals surface area (Å²) >= 11 is 0. The summed E-state index contributed by atoms with van der Waals surface area (Å²) in [6.45, 7) is 7.82. The Hall–Kier alpha value is -1.62. The van der Waals surface area contributed by atoms with Crippen molar-refractivity contribution >= 4 is 11.9 Å². The van der Waals surface area contributed by atoms with Gasteiger partial charge < -0.3 is 14.2 Å². The van der Waals surface area contributed by atoms with Crippen molar-refractivity contribution in [2.75, 3.05) is 19.8 Å². The maximum Gasteiger partial charge on any atom is 0.306 e. The highest BCUT2D eigenvalue weighted by atomic mass is 16.6. The molecule has 0 spiro atoms. The van der Waals surface area contributed by atoms with Crippen LogP contribution in [0.2, 0.25) is 0 Å². The zero-order chi connectivity index (χ0) is 42.1. The van der Waals surface area contributed by atoms with Crippen molar-refractivity contribution in [1.29, 1.82) is 0 Å². The molecule has 0 aromatic rings. The number of allylic oxidation sites excluding steroid dienone is 4. The Morgan fingerprint density at radius 2 is 0.690 bits per heavy atom. The summed E-state index contributed by atoms with van der Waals surface area (Å²) in [5.74, 6) is -0.395. The fourth-order valence-electron chi connectivity index (χ4n) is 7.55. The quantitative estimate of drug-likeness (QED) is 0.0348. The molecule has 0 aromatic carbocycles. The van der Waals surface area contributed by atoms with Crippen LogP contribution in [0.1, 0.15) is 278 Å². The first-order chi connectivity index (χ1) is 28.6. The van der Waals surface area contributed by atoms with Crippen LogP contribution in [0.5, 0.6) is 0 Å². The van der Waals surface area contributed by atoms with E-state index in [1.165, 1.54) is 193 Å². The van der Waals surface area contributed by atoms with E-state index in [1.807, 2.05) is 0 Å². The van der Waals surface area contributed by atoms with Crippen molar-refractivity contribution in [2.24, 2.45) is 0 Å². The van der Waals surface area contributed by atoms with E-state index in [-0.39, 0.29) is 25.2 Å².